The molecule has 0 saturated heterocycles. The Hall–Kier alpha value is -2.33. The smallest absolute Gasteiger partial charge is 0.220 e. The lowest BCUT2D eigenvalue weighted by Crippen LogP contribution is -2.23. The molecule has 1 amide bonds. The number of rotatable bonds is 5. The van der Waals surface area contributed by atoms with Gasteiger partial charge in [-0.05, 0) is 31.0 Å². The highest BCUT2D eigenvalue weighted by atomic mass is 35.5. The van der Waals surface area contributed by atoms with Crippen molar-refractivity contribution in [3.05, 3.63) is 70.6 Å². The van der Waals surface area contributed by atoms with Gasteiger partial charge in [-0.1, -0.05) is 41.4 Å². The van der Waals surface area contributed by atoms with Gasteiger partial charge in [-0.3, -0.25) is 4.79 Å². The maximum atomic E-state index is 12.0. The second-order valence-corrected chi connectivity index (χ2v) is 6.04. The predicted octanol–water partition coefficient (Wildman–Crippen LogP) is 3.55. The second-order valence-electron chi connectivity index (χ2n) is 5.61. The van der Waals surface area contributed by atoms with Crippen molar-refractivity contribution >= 4 is 23.2 Å². The molecule has 0 saturated carbocycles. The third-order valence-corrected chi connectivity index (χ3v) is 3.92. The number of nitrogens with zero attached hydrogens (tertiary/aromatic N) is 2. The highest BCUT2D eigenvalue weighted by Gasteiger charge is 2.05. The molecule has 5 heteroatoms. The zero-order valence-electron chi connectivity index (χ0n) is 12.9. The average Bonchev–Trinajstić information content (AvgIpc) is 2.94. The van der Waals surface area contributed by atoms with Gasteiger partial charge in [-0.2, -0.15) is 0 Å². The Kier molecular flexibility index (Phi) is 4.63. The van der Waals surface area contributed by atoms with Crippen molar-refractivity contribution in [1.82, 2.24) is 14.7 Å². The fraction of sp³-hybridized carbons (Fsp3) is 0.222. The Bertz CT molecular complexity index is 824. The van der Waals surface area contributed by atoms with Crippen LogP contribution in [0.15, 0.2) is 48.8 Å². The maximum Gasteiger partial charge on any atom is 0.220 e. The van der Waals surface area contributed by atoms with Crippen LogP contribution < -0.4 is 5.32 Å². The van der Waals surface area contributed by atoms with E-state index in [4.69, 9.17) is 11.6 Å². The molecule has 0 spiro atoms. The van der Waals surface area contributed by atoms with Gasteiger partial charge in [0.2, 0.25) is 5.91 Å². The largest absolute Gasteiger partial charge is 0.350 e. The third-order valence-electron chi connectivity index (χ3n) is 3.69. The van der Waals surface area contributed by atoms with E-state index in [1.165, 1.54) is 11.1 Å². The molecule has 0 aliphatic heterocycles. The van der Waals surface area contributed by atoms with E-state index in [-0.39, 0.29) is 5.91 Å². The molecular weight excluding hydrogens is 310 g/mol. The second kappa shape index (κ2) is 6.84. The minimum absolute atomic E-state index is 0.0284. The molecule has 118 valence electrons. The average molecular weight is 328 g/mol. The molecule has 1 N–H and O–H groups in total. The van der Waals surface area contributed by atoms with Crippen LogP contribution in [0.3, 0.4) is 0 Å². The topological polar surface area (TPSA) is 46.4 Å². The zero-order valence-corrected chi connectivity index (χ0v) is 13.7. The van der Waals surface area contributed by atoms with Crippen LogP contribution in [-0.4, -0.2) is 15.3 Å². The fourth-order valence-corrected chi connectivity index (χ4v) is 2.56. The summed E-state index contributed by atoms with van der Waals surface area (Å²) in [4.78, 5) is 16.4. The van der Waals surface area contributed by atoms with E-state index in [0.29, 0.717) is 18.0 Å². The summed E-state index contributed by atoms with van der Waals surface area (Å²) < 4.78 is 1.86. The Morgan fingerprint density at radius 2 is 1.96 bits per heavy atom. The molecule has 23 heavy (non-hydrogen) atoms. The minimum Gasteiger partial charge on any atom is -0.350 e. The number of aryl methyl sites for hydroxylation is 2. The Labute approximate surface area is 140 Å². The van der Waals surface area contributed by atoms with Crippen molar-refractivity contribution in [2.24, 2.45) is 0 Å². The first-order chi connectivity index (χ1) is 11.1. The summed E-state index contributed by atoms with van der Waals surface area (Å²) in [6.07, 6.45) is 4.89. The molecule has 0 atom stereocenters. The zero-order chi connectivity index (χ0) is 16.2. The number of fused-ring (bicyclic) bond motifs is 1. The Balaban J connectivity index is 1.52. The number of halogens is 1. The molecule has 1 aromatic carbocycles. The first-order valence-corrected chi connectivity index (χ1v) is 7.93. The Morgan fingerprint density at radius 3 is 2.74 bits per heavy atom. The van der Waals surface area contributed by atoms with Crippen LogP contribution in [0, 0.1) is 6.92 Å². The number of amides is 1. The van der Waals surface area contributed by atoms with Crippen molar-refractivity contribution < 1.29 is 4.79 Å². The molecule has 0 aliphatic rings. The van der Waals surface area contributed by atoms with Crippen molar-refractivity contribution in [2.45, 2.75) is 26.3 Å². The van der Waals surface area contributed by atoms with E-state index >= 15 is 0 Å². The summed E-state index contributed by atoms with van der Waals surface area (Å²) in [5.41, 5.74) is 4.03. The molecule has 4 nitrogen and oxygen atoms in total. The number of carbonyl (C=O) groups excluding carboxylic acids is 1. The van der Waals surface area contributed by atoms with Crippen molar-refractivity contribution in [3.8, 4) is 0 Å². The molecule has 0 bridgehead atoms. The van der Waals surface area contributed by atoms with E-state index < -0.39 is 0 Å². The maximum absolute atomic E-state index is 12.0. The number of nitrogens with one attached hydrogen (secondary N) is 1. The predicted molar refractivity (Wildman–Crippen MR) is 91.5 cm³/mol. The summed E-state index contributed by atoms with van der Waals surface area (Å²) in [7, 11) is 0. The Morgan fingerprint density at radius 1 is 1.17 bits per heavy atom. The monoisotopic (exact) mass is 327 g/mol. The molecule has 0 aliphatic carbocycles. The number of benzene rings is 1. The van der Waals surface area contributed by atoms with Gasteiger partial charge in [0, 0.05) is 18.8 Å². The summed E-state index contributed by atoms with van der Waals surface area (Å²) in [5.74, 6) is 0.0284. The molecule has 3 aromatic rings. The summed E-state index contributed by atoms with van der Waals surface area (Å²) >= 11 is 5.95. The number of imidazole rings is 1. The molecule has 0 unspecified atom stereocenters. The van der Waals surface area contributed by atoms with Crippen molar-refractivity contribution in [2.75, 3.05) is 0 Å². The lowest BCUT2D eigenvalue weighted by molar-refractivity contribution is -0.121. The van der Waals surface area contributed by atoms with Crippen molar-refractivity contribution in [3.63, 3.8) is 0 Å². The van der Waals surface area contributed by atoms with Crippen molar-refractivity contribution in [1.29, 1.82) is 0 Å². The van der Waals surface area contributed by atoms with Gasteiger partial charge in [0.1, 0.15) is 5.65 Å². The highest BCUT2D eigenvalue weighted by Crippen LogP contribution is 2.12. The molecule has 0 fully saturated rings. The molecule has 2 heterocycles. The summed E-state index contributed by atoms with van der Waals surface area (Å²) in [6, 6.07) is 11.9. The minimum atomic E-state index is 0.0284. The van der Waals surface area contributed by atoms with Crippen LogP contribution in [0.4, 0.5) is 0 Å². The van der Waals surface area contributed by atoms with E-state index in [2.05, 4.69) is 41.5 Å². The number of pyridine rings is 1. The van der Waals surface area contributed by atoms with Gasteiger partial charge >= 0.3 is 0 Å². The van der Waals surface area contributed by atoms with Crippen LogP contribution >= 0.6 is 11.6 Å². The number of carbonyl (C=O) groups is 1. The van der Waals surface area contributed by atoms with Crippen LogP contribution in [0.25, 0.3) is 5.65 Å². The quantitative estimate of drug-likeness (QED) is 0.779. The van der Waals surface area contributed by atoms with Crippen LogP contribution in [0.1, 0.15) is 23.2 Å². The van der Waals surface area contributed by atoms with Gasteiger partial charge < -0.3 is 9.72 Å². The third kappa shape index (κ3) is 4.11. The summed E-state index contributed by atoms with van der Waals surface area (Å²) in [6.45, 7) is 2.48. The highest BCUT2D eigenvalue weighted by molar-refractivity contribution is 6.30. The van der Waals surface area contributed by atoms with Gasteiger partial charge in [-0.15, -0.1) is 0 Å². The fourth-order valence-electron chi connectivity index (χ4n) is 2.39. The molecule has 2 aromatic heterocycles. The van der Waals surface area contributed by atoms with Gasteiger partial charge in [0.15, 0.2) is 0 Å². The summed E-state index contributed by atoms with van der Waals surface area (Å²) in [5, 5.41) is 3.56. The first-order valence-electron chi connectivity index (χ1n) is 7.55. The van der Waals surface area contributed by atoms with E-state index in [9.17, 15) is 4.79 Å². The van der Waals surface area contributed by atoms with Crippen LogP contribution in [0.2, 0.25) is 5.02 Å². The number of hydrogen-bond donors (Lipinski definition) is 1. The normalized spacial score (nSPS) is 10.9. The van der Waals surface area contributed by atoms with Crippen LogP contribution in [0.5, 0.6) is 0 Å². The van der Waals surface area contributed by atoms with E-state index in [1.54, 1.807) is 12.3 Å². The van der Waals surface area contributed by atoms with Gasteiger partial charge in [0.25, 0.3) is 0 Å². The lowest BCUT2D eigenvalue weighted by atomic mass is 10.1. The van der Waals surface area contributed by atoms with Gasteiger partial charge in [0.05, 0.1) is 17.3 Å². The molecule has 0 radical (unpaired) electrons. The van der Waals surface area contributed by atoms with Crippen LogP contribution in [-0.2, 0) is 17.8 Å². The van der Waals surface area contributed by atoms with E-state index in [1.807, 2.05) is 16.7 Å². The van der Waals surface area contributed by atoms with E-state index in [0.717, 1.165) is 17.8 Å². The lowest BCUT2D eigenvalue weighted by Gasteiger charge is -2.04. The molecular formula is C18H18ClN3O. The molecule has 3 rings (SSSR count). The number of hydrogen-bond acceptors (Lipinski definition) is 2. The van der Waals surface area contributed by atoms with Gasteiger partial charge in [-0.25, -0.2) is 4.98 Å². The number of aromatic nitrogens is 2. The first kappa shape index (κ1) is 15.6. The standard InChI is InChI=1S/C18H18ClN3O/c1-13-2-4-14(5-3-13)6-9-18(23)20-10-16-12-22-11-15(19)7-8-17(22)21-16/h2-5,7-8,11-12H,6,9-10H2,1H3,(H,20,23). The SMILES string of the molecule is Cc1ccc(CCC(=O)NCc2cn3cc(Cl)ccc3n2)cc1.